The van der Waals surface area contributed by atoms with Crippen LogP contribution < -0.4 is 5.32 Å². The number of benzene rings is 1. The van der Waals surface area contributed by atoms with Crippen LogP contribution in [0.1, 0.15) is 28.4 Å². The zero-order valence-corrected chi connectivity index (χ0v) is 11.2. The van der Waals surface area contributed by atoms with E-state index in [0.29, 0.717) is 5.56 Å². The predicted molar refractivity (Wildman–Crippen MR) is 71.3 cm³/mol. The molecule has 0 spiro atoms. The van der Waals surface area contributed by atoms with Gasteiger partial charge < -0.3 is 5.32 Å². The molecule has 0 saturated heterocycles. The van der Waals surface area contributed by atoms with Crippen LogP contribution in [0.4, 0.5) is 13.2 Å². The number of halogens is 3. The zero-order chi connectivity index (χ0) is 14.8. The van der Waals surface area contributed by atoms with Gasteiger partial charge in [-0.25, -0.2) is 0 Å². The summed E-state index contributed by atoms with van der Waals surface area (Å²) >= 11 is 0. The Kier molecular flexibility index (Phi) is 4.09. The molecule has 0 fully saturated rings. The summed E-state index contributed by atoms with van der Waals surface area (Å²) in [4.78, 5) is 4.25. The summed E-state index contributed by atoms with van der Waals surface area (Å²) in [5.41, 5.74) is 1.52. The summed E-state index contributed by atoms with van der Waals surface area (Å²) in [5.74, 6) is 0. The summed E-state index contributed by atoms with van der Waals surface area (Å²) in [7, 11) is 1.76. The molecule has 1 unspecified atom stereocenters. The Labute approximate surface area is 115 Å². The molecule has 0 amide bonds. The average molecular weight is 280 g/mol. The quantitative estimate of drug-likeness (QED) is 0.927. The van der Waals surface area contributed by atoms with E-state index < -0.39 is 11.7 Å². The van der Waals surface area contributed by atoms with E-state index in [-0.39, 0.29) is 6.04 Å². The van der Waals surface area contributed by atoms with Crippen molar-refractivity contribution in [2.45, 2.75) is 19.1 Å². The van der Waals surface area contributed by atoms with Crippen LogP contribution in [0.3, 0.4) is 0 Å². The Morgan fingerprint density at radius 3 is 2.40 bits per heavy atom. The van der Waals surface area contributed by atoms with Crippen LogP contribution in [0.2, 0.25) is 0 Å². The SMILES string of the molecule is CNC(c1ccccn1)c1ccc(C(F)(F)F)cc1C. The number of rotatable bonds is 3. The zero-order valence-electron chi connectivity index (χ0n) is 11.2. The van der Waals surface area contributed by atoms with E-state index in [1.807, 2.05) is 12.1 Å². The van der Waals surface area contributed by atoms with Crippen molar-refractivity contribution in [3.63, 3.8) is 0 Å². The van der Waals surface area contributed by atoms with E-state index in [4.69, 9.17) is 0 Å². The average Bonchev–Trinajstić information content (AvgIpc) is 2.41. The third-order valence-corrected chi connectivity index (χ3v) is 3.18. The van der Waals surface area contributed by atoms with Gasteiger partial charge in [0.05, 0.1) is 17.3 Å². The van der Waals surface area contributed by atoms with E-state index >= 15 is 0 Å². The minimum Gasteiger partial charge on any atom is -0.308 e. The Bertz CT molecular complexity index is 579. The lowest BCUT2D eigenvalue weighted by atomic mass is 9.96. The minimum absolute atomic E-state index is 0.224. The van der Waals surface area contributed by atoms with Gasteiger partial charge in [-0.2, -0.15) is 13.2 Å². The van der Waals surface area contributed by atoms with Gasteiger partial charge in [0.1, 0.15) is 0 Å². The second-order valence-electron chi connectivity index (χ2n) is 4.55. The van der Waals surface area contributed by atoms with Gasteiger partial charge in [0, 0.05) is 6.20 Å². The van der Waals surface area contributed by atoms with Gasteiger partial charge in [-0.3, -0.25) is 4.98 Å². The Hall–Kier alpha value is -1.88. The first kappa shape index (κ1) is 14.5. The smallest absolute Gasteiger partial charge is 0.308 e. The predicted octanol–water partition coefficient (Wildman–Crippen LogP) is 3.72. The molecular weight excluding hydrogens is 265 g/mol. The molecule has 0 aliphatic heterocycles. The molecule has 2 nitrogen and oxygen atoms in total. The molecule has 20 heavy (non-hydrogen) atoms. The fourth-order valence-electron chi connectivity index (χ4n) is 2.19. The maximum atomic E-state index is 12.7. The van der Waals surface area contributed by atoms with Gasteiger partial charge in [0.25, 0.3) is 0 Å². The van der Waals surface area contributed by atoms with Crippen LogP contribution >= 0.6 is 0 Å². The highest BCUT2D eigenvalue weighted by Gasteiger charge is 2.31. The van der Waals surface area contributed by atoms with Crippen LogP contribution in [0.5, 0.6) is 0 Å². The number of aryl methyl sites for hydroxylation is 1. The molecule has 0 radical (unpaired) electrons. The van der Waals surface area contributed by atoms with Crippen molar-refractivity contribution in [3.05, 3.63) is 65.0 Å². The highest BCUT2D eigenvalue weighted by atomic mass is 19.4. The Morgan fingerprint density at radius 2 is 1.90 bits per heavy atom. The first-order valence-electron chi connectivity index (χ1n) is 6.19. The van der Waals surface area contributed by atoms with Gasteiger partial charge in [0.15, 0.2) is 0 Å². The maximum absolute atomic E-state index is 12.7. The van der Waals surface area contributed by atoms with E-state index in [9.17, 15) is 13.2 Å². The minimum atomic E-state index is -4.32. The van der Waals surface area contributed by atoms with Crippen molar-refractivity contribution >= 4 is 0 Å². The summed E-state index contributed by atoms with van der Waals surface area (Å²) in [6.07, 6.45) is -2.65. The van der Waals surface area contributed by atoms with E-state index in [1.54, 1.807) is 26.2 Å². The van der Waals surface area contributed by atoms with Crippen molar-refractivity contribution < 1.29 is 13.2 Å². The molecule has 1 aromatic carbocycles. The van der Waals surface area contributed by atoms with Crippen molar-refractivity contribution in [2.75, 3.05) is 7.05 Å². The van der Waals surface area contributed by atoms with Crippen LogP contribution in [-0.2, 0) is 6.18 Å². The summed E-state index contributed by atoms with van der Waals surface area (Å²) in [6.45, 7) is 1.68. The van der Waals surface area contributed by atoms with Crippen molar-refractivity contribution in [1.82, 2.24) is 10.3 Å². The Balaban J connectivity index is 2.42. The molecule has 1 aromatic heterocycles. The number of hydrogen-bond donors (Lipinski definition) is 1. The fourth-order valence-corrected chi connectivity index (χ4v) is 2.19. The molecule has 106 valence electrons. The number of hydrogen-bond acceptors (Lipinski definition) is 2. The van der Waals surface area contributed by atoms with Crippen LogP contribution in [-0.4, -0.2) is 12.0 Å². The second-order valence-corrected chi connectivity index (χ2v) is 4.55. The Morgan fingerprint density at radius 1 is 1.15 bits per heavy atom. The lowest BCUT2D eigenvalue weighted by molar-refractivity contribution is -0.137. The third-order valence-electron chi connectivity index (χ3n) is 3.18. The molecule has 2 aromatic rings. The number of nitrogens with zero attached hydrogens (tertiary/aromatic N) is 1. The molecule has 1 atom stereocenters. The highest BCUT2D eigenvalue weighted by molar-refractivity contribution is 5.38. The molecule has 5 heteroatoms. The number of nitrogens with one attached hydrogen (secondary N) is 1. The lowest BCUT2D eigenvalue weighted by Gasteiger charge is -2.19. The first-order chi connectivity index (χ1) is 9.43. The van der Waals surface area contributed by atoms with Crippen molar-refractivity contribution in [2.24, 2.45) is 0 Å². The molecule has 1 heterocycles. The number of alkyl halides is 3. The third kappa shape index (κ3) is 2.99. The number of aromatic nitrogens is 1. The van der Waals surface area contributed by atoms with Crippen LogP contribution in [0.15, 0.2) is 42.6 Å². The summed E-state index contributed by atoms with van der Waals surface area (Å²) in [5, 5.41) is 3.09. The van der Waals surface area contributed by atoms with Gasteiger partial charge in [-0.05, 0) is 49.4 Å². The van der Waals surface area contributed by atoms with Crippen molar-refractivity contribution in [3.8, 4) is 0 Å². The monoisotopic (exact) mass is 280 g/mol. The molecule has 0 aliphatic rings. The van der Waals surface area contributed by atoms with Gasteiger partial charge >= 0.3 is 6.18 Å². The maximum Gasteiger partial charge on any atom is 0.416 e. The first-order valence-corrected chi connectivity index (χ1v) is 6.19. The standard InChI is InChI=1S/C15H15F3N2/c1-10-9-11(15(16,17)18)6-7-12(10)14(19-2)13-5-3-4-8-20-13/h3-9,14,19H,1-2H3. The van der Waals surface area contributed by atoms with Crippen molar-refractivity contribution in [1.29, 1.82) is 0 Å². The summed E-state index contributed by atoms with van der Waals surface area (Å²) < 4.78 is 38.0. The topological polar surface area (TPSA) is 24.9 Å². The highest BCUT2D eigenvalue weighted by Crippen LogP contribution is 2.32. The van der Waals surface area contributed by atoms with Crippen LogP contribution in [0, 0.1) is 6.92 Å². The molecular formula is C15H15F3N2. The van der Waals surface area contributed by atoms with E-state index in [1.165, 1.54) is 12.1 Å². The van der Waals surface area contributed by atoms with Gasteiger partial charge in [-0.1, -0.05) is 12.1 Å². The second kappa shape index (κ2) is 5.63. The summed E-state index contributed by atoms with van der Waals surface area (Å²) in [6, 6.07) is 9.06. The molecule has 1 N–H and O–H groups in total. The van der Waals surface area contributed by atoms with E-state index in [2.05, 4.69) is 10.3 Å². The normalized spacial score (nSPS) is 13.2. The lowest BCUT2D eigenvalue weighted by Crippen LogP contribution is -2.20. The fraction of sp³-hybridized carbons (Fsp3) is 0.267. The van der Waals surface area contributed by atoms with Gasteiger partial charge in [0.2, 0.25) is 0 Å². The molecule has 2 rings (SSSR count). The van der Waals surface area contributed by atoms with Gasteiger partial charge in [-0.15, -0.1) is 0 Å². The molecule has 0 aliphatic carbocycles. The number of pyridine rings is 1. The molecule has 0 saturated carbocycles. The van der Waals surface area contributed by atoms with E-state index in [0.717, 1.165) is 17.3 Å². The molecule has 0 bridgehead atoms. The van der Waals surface area contributed by atoms with Crippen LogP contribution in [0.25, 0.3) is 0 Å². The largest absolute Gasteiger partial charge is 0.416 e.